The zero-order valence-corrected chi connectivity index (χ0v) is 11.5. The average molecular weight is 277 g/mol. The van der Waals surface area contributed by atoms with Gasteiger partial charge in [-0.05, 0) is 24.6 Å². The number of Topliss-reactive ketones (excluding diaryl/α,β-unsaturated/α-hetero) is 1. The van der Waals surface area contributed by atoms with Crippen molar-refractivity contribution in [1.82, 2.24) is 0 Å². The van der Waals surface area contributed by atoms with Crippen LogP contribution < -0.4 is 0 Å². The Balaban J connectivity index is 2.45. The topological polar surface area (TPSA) is 17.1 Å². The Kier molecular flexibility index (Phi) is 6.25. The number of halogens is 2. The van der Waals surface area contributed by atoms with Gasteiger partial charge in [0.1, 0.15) is 5.78 Å². The van der Waals surface area contributed by atoms with Gasteiger partial charge >= 0.3 is 0 Å². The summed E-state index contributed by atoms with van der Waals surface area (Å²) in [6.45, 7) is 2.08. The molecule has 0 radical (unpaired) electrons. The lowest BCUT2D eigenvalue weighted by Gasteiger charge is -2.03. The molecule has 0 heterocycles. The van der Waals surface area contributed by atoms with Gasteiger partial charge in [-0.3, -0.25) is 4.79 Å². The highest BCUT2D eigenvalue weighted by Crippen LogP contribution is 2.29. The van der Waals surface area contributed by atoms with E-state index < -0.39 is 0 Å². The Morgan fingerprint density at radius 3 is 2.75 bits per heavy atom. The fourth-order valence-corrected chi connectivity index (χ4v) is 2.59. The van der Waals surface area contributed by atoms with E-state index >= 15 is 0 Å². The van der Waals surface area contributed by atoms with Gasteiger partial charge in [-0.2, -0.15) is 0 Å². The fraction of sp³-hybridized carbons (Fsp3) is 0.417. The number of hydrogen-bond acceptors (Lipinski definition) is 2. The van der Waals surface area contributed by atoms with Crippen LogP contribution in [0.25, 0.3) is 0 Å². The summed E-state index contributed by atoms with van der Waals surface area (Å²) in [7, 11) is 0. The number of benzene rings is 1. The van der Waals surface area contributed by atoms with E-state index in [2.05, 4.69) is 6.92 Å². The Morgan fingerprint density at radius 1 is 1.38 bits per heavy atom. The third kappa shape index (κ3) is 4.77. The van der Waals surface area contributed by atoms with E-state index in [9.17, 15) is 4.79 Å². The molecule has 0 spiro atoms. The molecule has 0 aliphatic rings. The van der Waals surface area contributed by atoms with Crippen LogP contribution in [0.4, 0.5) is 0 Å². The average Bonchev–Trinajstić information content (AvgIpc) is 2.25. The lowest BCUT2D eigenvalue weighted by atomic mass is 10.2. The maximum atomic E-state index is 11.5. The SMILES string of the molecule is CCCCC(=O)CSc1ccc(Cl)cc1Cl. The summed E-state index contributed by atoms with van der Waals surface area (Å²) in [6, 6.07) is 5.33. The maximum Gasteiger partial charge on any atom is 0.143 e. The molecule has 88 valence electrons. The van der Waals surface area contributed by atoms with Crippen LogP contribution >= 0.6 is 35.0 Å². The van der Waals surface area contributed by atoms with Crippen molar-refractivity contribution < 1.29 is 4.79 Å². The highest BCUT2D eigenvalue weighted by molar-refractivity contribution is 8.00. The molecular weight excluding hydrogens is 263 g/mol. The molecule has 0 N–H and O–H groups in total. The predicted molar refractivity (Wildman–Crippen MR) is 71.7 cm³/mol. The van der Waals surface area contributed by atoms with Crippen LogP contribution in [0.5, 0.6) is 0 Å². The quantitative estimate of drug-likeness (QED) is 0.692. The van der Waals surface area contributed by atoms with Crippen LogP contribution in [0, 0.1) is 0 Å². The van der Waals surface area contributed by atoms with Gasteiger partial charge in [0.2, 0.25) is 0 Å². The largest absolute Gasteiger partial charge is 0.299 e. The van der Waals surface area contributed by atoms with Gasteiger partial charge in [-0.25, -0.2) is 0 Å². The first-order valence-electron chi connectivity index (χ1n) is 5.23. The molecule has 16 heavy (non-hydrogen) atoms. The van der Waals surface area contributed by atoms with E-state index in [4.69, 9.17) is 23.2 Å². The van der Waals surface area contributed by atoms with Gasteiger partial charge in [-0.1, -0.05) is 36.5 Å². The van der Waals surface area contributed by atoms with Gasteiger partial charge in [-0.15, -0.1) is 11.8 Å². The normalized spacial score (nSPS) is 10.4. The highest BCUT2D eigenvalue weighted by atomic mass is 35.5. The van der Waals surface area contributed by atoms with Crippen LogP contribution in [0.2, 0.25) is 10.0 Å². The van der Waals surface area contributed by atoms with E-state index in [1.165, 1.54) is 11.8 Å². The Hall–Kier alpha value is -0.180. The number of hydrogen-bond donors (Lipinski definition) is 0. The van der Waals surface area contributed by atoms with Crippen LogP contribution in [0.15, 0.2) is 23.1 Å². The molecule has 0 saturated heterocycles. The first-order valence-corrected chi connectivity index (χ1v) is 6.97. The molecule has 1 aromatic carbocycles. The monoisotopic (exact) mass is 276 g/mol. The predicted octanol–water partition coefficient (Wildman–Crippen LogP) is 4.84. The molecule has 0 fully saturated rings. The molecule has 0 saturated carbocycles. The Morgan fingerprint density at radius 2 is 2.12 bits per heavy atom. The maximum absolute atomic E-state index is 11.5. The molecule has 4 heteroatoms. The lowest BCUT2D eigenvalue weighted by molar-refractivity contribution is -0.116. The summed E-state index contributed by atoms with van der Waals surface area (Å²) in [4.78, 5) is 12.4. The van der Waals surface area contributed by atoms with E-state index in [0.717, 1.165) is 17.7 Å². The van der Waals surface area contributed by atoms with Gasteiger partial charge in [0.25, 0.3) is 0 Å². The number of carbonyl (C=O) groups is 1. The summed E-state index contributed by atoms with van der Waals surface area (Å²) >= 11 is 13.3. The second-order valence-corrected chi connectivity index (χ2v) is 5.37. The summed E-state index contributed by atoms with van der Waals surface area (Å²) < 4.78 is 0. The molecule has 0 aliphatic carbocycles. The van der Waals surface area contributed by atoms with Crippen LogP contribution in [0.3, 0.4) is 0 Å². The molecule has 0 aromatic heterocycles. The number of rotatable bonds is 6. The molecule has 0 aliphatic heterocycles. The van der Waals surface area contributed by atoms with Crippen molar-refractivity contribution in [3.8, 4) is 0 Å². The number of thioether (sulfide) groups is 1. The molecule has 1 nitrogen and oxygen atoms in total. The van der Waals surface area contributed by atoms with Crippen molar-refractivity contribution in [3.63, 3.8) is 0 Å². The number of unbranched alkanes of at least 4 members (excludes halogenated alkanes) is 1. The summed E-state index contributed by atoms with van der Waals surface area (Å²) in [5, 5.41) is 1.23. The molecule has 0 amide bonds. The second-order valence-electron chi connectivity index (χ2n) is 3.51. The number of ketones is 1. The van der Waals surface area contributed by atoms with E-state index in [0.29, 0.717) is 22.2 Å². The van der Waals surface area contributed by atoms with Gasteiger partial charge in [0, 0.05) is 16.3 Å². The van der Waals surface area contributed by atoms with Gasteiger partial charge < -0.3 is 0 Å². The minimum Gasteiger partial charge on any atom is -0.299 e. The van der Waals surface area contributed by atoms with Crippen molar-refractivity contribution in [1.29, 1.82) is 0 Å². The molecular formula is C12H14Cl2OS. The minimum absolute atomic E-state index is 0.276. The summed E-state index contributed by atoms with van der Waals surface area (Å²) in [6.07, 6.45) is 2.68. The standard InChI is InChI=1S/C12H14Cl2OS/c1-2-3-4-10(15)8-16-12-6-5-9(13)7-11(12)14/h5-7H,2-4,8H2,1H3. The lowest BCUT2D eigenvalue weighted by Crippen LogP contribution is -2.00. The van der Waals surface area contributed by atoms with Crippen LogP contribution in [0.1, 0.15) is 26.2 Å². The van der Waals surface area contributed by atoms with Crippen molar-refractivity contribution in [2.24, 2.45) is 0 Å². The van der Waals surface area contributed by atoms with Crippen LogP contribution in [-0.2, 0) is 4.79 Å². The van der Waals surface area contributed by atoms with Crippen molar-refractivity contribution >= 4 is 40.7 Å². The zero-order chi connectivity index (χ0) is 12.0. The second kappa shape index (κ2) is 7.21. The Labute approximate surface area is 111 Å². The van der Waals surface area contributed by atoms with Gasteiger partial charge in [0.15, 0.2) is 0 Å². The molecule has 0 unspecified atom stereocenters. The minimum atomic E-state index is 0.276. The van der Waals surface area contributed by atoms with Crippen molar-refractivity contribution in [3.05, 3.63) is 28.2 Å². The smallest absolute Gasteiger partial charge is 0.143 e. The van der Waals surface area contributed by atoms with Crippen LogP contribution in [-0.4, -0.2) is 11.5 Å². The molecule has 0 bridgehead atoms. The fourth-order valence-electron chi connectivity index (χ4n) is 1.20. The van der Waals surface area contributed by atoms with Crippen molar-refractivity contribution in [2.45, 2.75) is 31.1 Å². The van der Waals surface area contributed by atoms with Crippen molar-refractivity contribution in [2.75, 3.05) is 5.75 Å². The highest BCUT2D eigenvalue weighted by Gasteiger charge is 2.06. The third-order valence-corrected chi connectivity index (χ3v) is 3.88. The summed E-state index contributed by atoms with van der Waals surface area (Å²) in [5.74, 6) is 0.763. The number of carbonyl (C=O) groups excluding carboxylic acids is 1. The molecule has 1 aromatic rings. The third-order valence-electron chi connectivity index (χ3n) is 2.09. The van der Waals surface area contributed by atoms with E-state index in [-0.39, 0.29) is 5.78 Å². The first kappa shape index (κ1) is 13.9. The molecule has 0 atom stereocenters. The summed E-state index contributed by atoms with van der Waals surface area (Å²) in [5.41, 5.74) is 0. The first-order chi connectivity index (χ1) is 7.63. The van der Waals surface area contributed by atoms with Gasteiger partial charge in [0.05, 0.1) is 10.8 Å². The molecule has 1 rings (SSSR count). The zero-order valence-electron chi connectivity index (χ0n) is 9.13. The van der Waals surface area contributed by atoms with E-state index in [1.807, 2.05) is 6.07 Å². The van der Waals surface area contributed by atoms with E-state index in [1.54, 1.807) is 12.1 Å². The Bertz CT molecular complexity index is 366.